The molecule has 0 saturated carbocycles. The van der Waals surface area contributed by atoms with Gasteiger partial charge in [0.1, 0.15) is 5.75 Å². The van der Waals surface area contributed by atoms with Crippen molar-refractivity contribution in [3.05, 3.63) is 28.8 Å². The van der Waals surface area contributed by atoms with E-state index in [1.165, 1.54) is 13.0 Å². The summed E-state index contributed by atoms with van der Waals surface area (Å²) in [5.74, 6) is 1.55. The molecule has 0 N–H and O–H groups in total. The van der Waals surface area contributed by atoms with Crippen molar-refractivity contribution in [1.82, 2.24) is 4.90 Å². The zero-order valence-corrected chi connectivity index (χ0v) is 10.6. The van der Waals surface area contributed by atoms with Gasteiger partial charge in [-0.3, -0.25) is 0 Å². The van der Waals surface area contributed by atoms with Gasteiger partial charge in [-0.1, -0.05) is 11.6 Å². The number of halogens is 1. The van der Waals surface area contributed by atoms with Crippen LogP contribution in [0.15, 0.2) is 18.2 Å². The Kier molecular flexibility index (Phi) is 3.72. The summed E-state index contributed by atoms with van der Waals surface area (Å²) in [4.78, 5) is 2.34. The Labute approximate surface area is 102 Å². The molecule has 2 nitrogen and oxygen atoms in total. The molecule has 2 rings (SSSR count). The fourth-order valence-electron chi connectivity index (χ4n) is 2.16. The Morgan fingerprint density at radius 1 is 1.44 bits per heavy atom. The average Bonchev–Trinajstić information content (AvgIpc) is 2.60. The molecule has 1 saturated heterocycles. The van der Waals surface area contributed by atoms with Crippen LogP contribution in [0.3, 0.4) is 0 Å². The summed E-state index contributed by atoms with van der Waals surface area (Å²) in [7, 11) is 2.16. The van der Waals surface area contributed by atoms with Gasteiger partial charge in [-0.05, 0) is 50.7 Å². The quantitative estimate of drug-likeness (QED) is 0.804. The Morgan fingerprint density at radius 3 is 2.88 bits per heavy atom. The Hall–Kier alpha value is -0.730. The van der Waals surface area contributed by atoms with Gasteiger partial charge in [0, 0.05) is 17.5 Å². The third-order valence-corrected chi connectivity index (χ3v) is 3.21. The molecule has 0 amide bonds. The molecule has 0 aliphatic carbocycles. The molecule has 1 aromatic rings. The van der Waals surface area contributed by atoms with E-state index in [1.54, 1.807) is 0 Å². The normalized spacial score (nSPS) is 21.3. The van der Waals surface area contributed by atoms with Gasteiger partial charge in [0.15, 0.2) is 0 Å². The zero-order valence-electron chi connectivity index (χ0n) is 9.87. The molecule has 1 unspecified atom stereocenters. The Bertz CT molecular complexity index is 347. The highest BCUT2D eigenvalue weighted by Gasteiger charge is 2.19. The number of nitrogens with zero attached hydrogens (tertiary/aromatic N) is 1. The van der Waals surface area contributed by atoms with Crippen LogP contribution in [-0.2, 0) is 0 Å². The number of benzene rings is 1. The predicted octanol–water partition coefficient (Wildman–Crippen LogP) is 2.98. The molecular formula is C13H18ClNO. The van der Waals surface area contributed by atoms with Crippen LogP contribution in [0.4, 0.5) is 0 Å². The summed E-state index contributed by atoms with van der Waals surface area (Å²) < 4.78 is 5.79. The van der Waals surface area contributed by atoms with Crippen LogP contribution in [0.5, 0.6) is 5.75 Å². The van der Waals surface area contributed by atoms with Crippen molar-refractivity contribution in [2.45, 2.75) is 13.3 Å². The number of aryl methyl sites for hydroxylation is 1. The molecule has 1 aliphatic heterocycles. The van der Waals surface area contributed by atoms with E-state index in [2.05, 4.69) is 11.9 Å². The maximum atomic E-state index is 5.98. The summed E-state index contributed by atoms with van der Waals surface area (Å²) in [5.41, 5.74) is 1.14. The van der Waals surface area contributed by atoms with Crippen LogP contribution in [0, 0.1) is 12.8 Å². The van der Waals surface area contributed by atoms with Crippen LogP contribution in [0.1, 0.15) is 12.0 Å². The number of ether oxygens (including phenoxy) is 1. The number of hydrogen-bond acceptors (Lipinski definition) is 2. The lowest BCUT2D eigenvalue weighted by Gasteiger charge is -2.12. The lowest BCUT2D eigenvalue weighted by Crippen LogP contribution is -2.17. The van der Waals surface area contributed by atoms with Gasteiger partial charge in [0.2, 0.25) is 0 Å². The number of hydrogen-bond donors (Lipinski definition) is 0. The fraction of sp³-hybridized carbons (Fsp3) is 0.538. The second-order valence-electron chi connectivity index (χ2n) is 4.69. The van der Waals surface area contributed by atoms with Crippen molar-refractivity contribution < 1.29 is 4.74 Å². The topological polar surface area (TPSA) is 12.5 Å². The van der Waals surface area contributed by atoms with Gasteiger partial charge in [0.05, 0.1) is 6.61 Å². The third kappa shape index (κ3) is 3.13. The van der Waals surface area contributed by atoms with Gasteiger partial charge >= 0.3 is 0 Å². The molecule has 1 aliphatic rings. The van der Waals surface area contributed by atoms with Gasteiger partial charge < -0.3 is 9.64 Å². The SMILES string of the molecule is Cc1cc(Cl)cc(OCC2CCN(C)C2)c1. The first-order valence-electron chi connectivity index (χ1n) is 5.72. The molecule has 16 heavy (non-hydrogen) atoms. The minimum atomic E-state index is 0.657. The van der Waals surface area contributed by atoms with E-state index in [1.807, 2.05) is 25.1 Å². The van der Waals surface area contributed by atoms with Gasteiger partial charge in [0.25, 0.3) is 0 Å². The molecular weight excluding hydrogens is 222 g/mol. The van der Waals surface area contributed by atoms with Crippen molar-refractivity contribution >= 4 is 11.6 Å². The fourth-order valence-corrected chi connectivity index (χ4v) is 2.44. The number of likely N-dealkylation sites (tertiary alicyclic amines) is 1. The third-order valence-electron chi connectivity index (χ3n) is 2.99. The predicted molar refractivity (Wildman–Crippen MR) is 67.3 cm³/mol. The summed E-state index contributed by atoms with van der Waals surface area (Å²) in [5, 5.41) is 0.749. The molecule has 0 aromatic heterocycles. The van der Waals surface area contributed by atoms with Crippen molar-refractivity contribution in [3.8, 4) is 5.75 Å². The van der Waals surface area contributed by atoms with Crippen LogP contribution >= 0.6 is 11.6 Å². The van der Waals surface area contributed by atoms with Crippen LogP contribution < -0.4 is 4.74 Å². The lowest BCUT2D eigenvalue weighted by molar-refractivity contribution is 0.249. The van der Waals surface area contributed by atoms with E-state index in [9.17, 15) is 0 Å². The van der Waals surface area contributed by atoms with Crippen LogP contribution in [0.25, 0.3) is 0 Å². The van der Waals surface area contributed by atoms with E-state index in [0.29, 0.717) is 5.92 Å². The van der Waals surface area contributed by atoms with E-state index in [4.69, 9.17) is 16.3 Å². The van der Waals surface area contributed by atoms with E-state index in [-0.39, 0.29) is 0 Å². The van der Waals surface area contributed by atoms with Crippen LogP contribution in [0.2, 0.25) is 5.02 Å². The summed E-state index contributed by atoms with van der Waals surface area (Å²) in [6.45, 7) is 5.15. The molecule has 0 spiro atoms. The maximum Gasteiger partial charge on any atom is 0.121 e. The summed E-state index contributed by atoms with van der Waals surface area (Å²) in [6, 6.07) is 5.86. The second kappa shape index (κ2) is 5.07. The molecule has 1 heterocycles. The zero-order chi connectivity index (χ0) is 11.5. The highest BCUT2D eigenvalue weighted by atomic mass is 35.5. The van der Waals surface area contributed by atoms with Crippen molar-refractivity contribution in [2.75, 3.05) is 26.7 Å². The summed E-state index contributed by atoms with van der Waals surface area (Å²) in [6.07, 6.45) is 1.23. The van der Waals surface area contributed by atoms with E-state index >= 15 is 0 Å². The minimum Gasteiger partial charge on any atom is -0.493 e. The smallest absolute Gasteiger partial charge is 0.121 e. The van der Waals surface area contributed by atoms with E-state index < -0.39 is 0 Å². The van der Waals surface area contributed by atoms with Gasteiger partial charge in [-0.25, -0.2) is 0 Å². The molecule has 3 heteroatoms. The molecule has 88 valence electrons. The van der Waals surface area contributed by atoms with Gasteiger partial charge in [-0.15, -0.1) is 0 Å². The average molecular weight is 240 g/mol. The lowest BCUT2D eigenvalue weighted by atomic mass is 10.1. The first-order valence-corrected chi connectivity index (χ1v) is 6.10. The first-order chi connectivity index (χ1) is 7.63. The Balaban J connectivity index is 1.89. The van der Waals surface area contributed by atoms with E-state index in [0.717, 1.165) is 29.5 Å². The Morgan fingerprint density at radius 2 is 2.25 bits per heavy atom. The highest BCUT2D eigenvalue weighted by molar-refractivity contribution is 6.30. The van der Waals surface area contributed by atoms with Crippen molar-refractivity contribution in [2.24, 2.45) is 5.92 Å². The molecule has 1 atom stereocenters. The minimum absolute atomic E-state index is 0.657. The second-order valence-corrected chi connectivity index (χ2v) is 5.13. The standard InChI is InChI=1S/C13H18ClNO/c1-10-5-12(14)7-13(6-10)16-9-11-3-4-15(2)8-11/h5-7,11H,3-4,8-9H2,1-2H3. The molecule has 1 fully saturated rings. The van der Waals surface area contributed by atoms with Crippen molar-refractivity contribution in [1.29, 1.82) is 0 Å². The molecule has 1 aromatic carbocycles. The monoisotopic (exact) mass is 239 g/mol. The first kappa shape index (κ1) is 11.7. The molecule has 0 bridgehead atoms. The van der Waals surface area contributed by atoms with Crippen LogP contribution in [-0.4, -0.2) is 31.6 Å². The maximum absolute atomic E-state index is 5.98. The summed E-state index contributed by atoms with van der Waals surface area (Å²) >= 11 is 5.98. The largest absolute Gasteiger partial charge is 0.493 e. The van der Waals surface area contributed by atoms with Gasteiger partial charge in [-0.2, -0.15) is 0 Å². The number of rotatable bonds is 3. The molecule has 0 radical (unpaired) electrons. The highest BCUT2D eigenvalue weighted by Crippen LogP contribution is 2.22. The van der Waals surface area contributed by atoms with Crippen molar-refractivity contribution in [3.63, 3.8) is 0 Å².